The topological polar surface area (TPSA) is 95.2 Å². The molecule has 0 aliphatic carbocycles. The fourth-order valence-electron chi connectivity index (χ4n) is 3.56. The lowest BCUT2D eigenvalue weighted by Gasteiger charge is -2.16. The van der Waals surface area contributed by atoms with Gasteiger partial charge in [0.1, 0.15) is 12.3 Å². The van der Waals surface area contributed by atoms with Crippen LogP contribution in [-0.2, 0) is 17.9 Å². The van der Waals surface area contributed by atoms with Gasteiger partial charge in [-0.25, -0.2) is 9.36 Å². The summed E-state index contributed by atoms with van der Waals surface area (Å²) in [5.41, 5.74) is 1.19. The number of methoxy groups -OCH3 is 1. The summed E-state index contributed by atoms with van der Waals surface area (Å²) in [7, 11) is 1.47. The second-order valence-corrected chi connectivity index (χ2v) is 7.30. The molecule has 0 aliphatic heterocycles. The molecular formula is C24H22N4O4. The molecule has 1 amide bonds. The minimum atomic E-state index is -0.621. The van der Waals surface area contributed by atoms with E-state index in [-0.39, 0.29) is 19.0 Å². The molecule has 2 aromatic carbocycles. The van der Waals surface area contributed by atoms with E-state index in [0.29, 0.717) is 28.0 Å². The number of rotatable bonds is 6. The van der Waals surface area contributed by atoms with Crippen molar-refractivity contribution in [1.82, 2.24) is 19.4 Å². The average Bonchev–Trinajstić information content (AvgIpc) is 2.81. The summed E-state index contributed by atoms with van der Waals surface area (Å²) >= 11 is 0. The molecule has 4 rings (SSSR count). The summed E-state index contributed by atoms with van der Waals surface area (Å²) in [6.07, 6.45) is 1.64. The highest BCUT2D eigenvalue weighted by Gasteiger charge is 2.18. The van der Waals surface area contributed by atoms with E-state index in [1.807, 2.05) is 13.0 Å². The molecule has 4 aromatic rings. The van der Waals surface area contributed by atoms with Gasteiger partial charge in [-0.05, 0) is 43.3 Å². The zero-order valence-electron chi connectivity index (χ0n) is 17.7. The van der Waals surface area contributed by atoms with Crippen molar-refractivity contribution in [3.63, 3.8) is 0 Å². The third kappa shape index (κ3) is 4.02. The van der Waals surface area contributed by atoms with Gasteiger partial charge >= 0.3 is 5.69 Å². The maximum absolute atomic E-state index is 13.4. The van der Waals surface area contributed by atoms with Crippen molar-refractivity contribution >= 4 is 16.8 Å². The number of carbonyl (C=O) groups excluding carboxylic acids is 1. The zero-order chi connectivity index (χ0) is 22.7. The van der Waals surface area contributed by atoms with Crippen molar-refractivity contribution in [3.05, 3.63) is 99.0 Å². The van der Waals surface area contributed by atoms with E-state index in [2.05, 4.69) is 10.3 Å². The Morgan fingerprint density at radius 2 is 1.84 bits per heavy atom. The fraction of sp³-hybridized carbons (Fsp3) is 0.167. The second-order valence-electron chi connectivity index (χ2n) is 7.30. The number of carbonyl (C=O) groups is 1. The van der Waals surface area contributed by atoms with Gasteiger partial charge in [0, 0.05) is 6.20 Å². The van der Waals surface area contributed by atoms with E-state index < -0.39 is 11.2 Å². The monoisotopic (exact) mass is 430 g/mol. The van der Waals surface area contributed by atoms with Crippen LogP contribution < -0.4 is 21.3 Å². The highest BCUT2D eigenvalue weighted by Crippen LogP contribution is 2.20. The van der Waals surface area contributed by atoms with Gasteiger partial charge in [-0.2, -0.15) is 0 Å². The number of nitrogens with zero attached hydrogens (tertiary/aromatic N) is 3. The number of aryl methyl sites for hydroxylation is 1. The lowest BCUT2D eigenvalue weighted by atomic mass is 10.1. The minimum Gasteiger partial charge on any atom is -0.495 e. The summed E-state index contributed by atoms with van der Waals surface area (Å²) in [5.74, 6) is 0.00899. The van der Waals surface area contributed by atoms with Crippen LogP contribution in [0.1, 0.15) is 11.3 Å². The highest BCUT2D eigenvalue weighted by molar-refractivity contribution is 5.82. The van der Waals surface area contributed by atoms with Crippen molar-refractivity contribution in [2.45, 2.75) is 20.0 Å². The van der Waals surface area contributed by atoms with Crippen LogP contribution in [0.3, 0.4) is 0 Å². The molecule has 1 N–H and O–H groups in total. The summed E-state index contributed by atoms with van der Waals surface area (Å²) < 4.78 is 7.71. The summed E-state index contributed by atoms with van der Waals surface area (Å²) in [6.45, 7) is 1.85. The van der Waals surface area contributed by atoms with Crippen molar-refractivity contribution in [1.29, 1.82) is 0 Å². The molecule has 0 atom stereocenters. The van der Waals surface area contributed by atoms with Gasteiger partial charge in [-0.15, -0.1) is 0 Å². The van der Waals surface area contributed by atoms with E-state index in [0.717, 1.165) is 10.1 Å². The number of hydrogen-bond donors (Lipinski definition) is 1. The Morgan fingerprint density at radius 1 is 1.06 bits per heavy atom. The Hall–Kier alpha value is -4.20. The number of amides is 1. The van der Waals surface area contributed by atoms with Gasteiger partial charge < -0.3 is 10.1 Å². The van der Waals surface area contributed by atoms with Crippen LogP contribution in [0.5, 0.6) is 5.75 Å². The second kappa shape index (κ2) is 8.89. The largest absolute Gasteiger partial charge is 0.495 e. The lowest BCUT2D eigenvalue weighted by molar-refractivity contribution is -0.121. The quantitative estimate of drug-likeness (QED) is 0.506. The molecule has 0 spiro atoms. The van der Waals surface area contributed by atoms with Crippen LogP contribution in [0.4, 0.5) is 0 Å². The predicted octanol–water partition coefficient (Wildman–Crippen LogP) is 2.18. The zero-order valence-corrected chi connectivity index (χ0v) is 17.7. The Kier molecular flexibility index (Phi) is 5.85. The minimum absolute atomic E-state index is 0.234. The summed E-state index contributed by atoms with van der Waals surface area (Å²) in [5, 5.41) is 3.11. The first-order chi connectivity index (χ1) is 15.5. The van der Waals surface area contributed by atoms with Crippen LogP contribution in [0.2, 0.25) is 0 Å². The SMILES string of the molecule is COc1ccccc1-n1c(=O)c2cc(C)ccc2n(CC(=O)NCc2ccccn2)c1=O. The first-order valence-corrected chi connectivity index (χ1v) is 10.1. The third-order valence-electron chi connectivity index (χ3n) is 5.12. The van der Waals surface area contributed by atoms with E-state index >= 15 is 0 Å². The first-order valence-electron chi connectivity index (χ1n) is 10.1. The summed E-state index contributed by atoms with van der Waals surface area (Å²) in [4.78, 5) is 43.6. The number of fused-ring (bicyclic) bond motifs is 1. The van der Waals surface area contributed by atoms with Crippen LogP contribution in [0, 0.1) is 6.92 Å². The van der Waals surface area contributed by atoms with Gasteiger partial charge in [0.15, 0.2) is 0 Å². The predicted molar refractivity (Wildman–Crippen MR) is 121 cm³/mol. The molecule has 8 nitrogen and oxygen atoms in total. The molecule has 0 saturated heterocycles. The van der Waals surface area contributed by atoms with E-state index in [4.69, 9.17) is 4.74 Å². The Bertz CT molecular complexity index is 1410. The normalized spacial score (nSPS) is 10.8. The van der Waals surface area contributed by atoms with Crippen molar-refractivity contribution in [2.75, 3.05) is 7.11 Å². The van der Waals surface area contributed by atoms with Crippen LogP contribution in [0.15, 0.2) is 76.4 Å². The Morgan fingerprint density at radius 3 is 2.59 bits per heavy atom. The number of pyridine rings is 1. The maximum Gasteiger partial charge on any atom is 0.336 e. The van der Waals surface area contributed by atoms with Crippen LogP contribution >= 0.6 is 0 Å². The maximum atomic E-state index is 13.4. The van der Waals surface area contributed by atoms with Gasteiger partial charge in [-0.1, -0.05) is 29.8 Å². The van der Waals surface area contributed by atoms with Gasteiger partial charge in [0.05, 0.1) is 35.9 Å². The Balaban J connectivity index is 1.82. The Labute approximate surface area is 183 Å². The molecule has 0 unspecified atom stereocenters. The molecular weight excluding hydrogens is 408 g/mol. The van der Waals surface area contributed by atoms with Gasteiger partial charge in [-0.3, -0.25) is 19.1 Å². The molecule has 0 radical (unpaired) electrons. The van der Waals surface area contributed by atoms with E-state index in [1.54, 1.807) is 60.8 Å². The molecule has 0 fully saturated rings. The molecule has 0 aliphatic rings. The smallest absolute Gasteiger partial charge is 0.336 e. The number of para-hydroxylation sites is 2. The number of hydrogen-bond acceptors (Lipinski definition) is 5. The summed E-state index contributed by atoms with van der Waals surface area (Å²) in [6, 6.07) is 17.4. The van der Waals surface area contributed by atoms with E-state index in [1.165, 1.54) is 11.7 Å². The lowest BCUT2D eigenvalue weighted by Crippen LogP contribution is -2.42. The number of ether oxygens (including phenoxy) is 1. The molecule has 2 heterocycles. The molecule has 2 aromatic heterocycles. The van der Waals surface area contributed by atoms with Gasteiger partial charge in [0.2, 0.25) is 5.91 Å². The first kappa shape index (κ1) is 21.0. The molecule has 0 saturated carbocycles. The van der Waals surface area contributed by atoms with Crippen LogP contribution in [0.25, 0.3) is 16.6 Å². The number of benzene rings is 2. The average molecular weight is 430 g/mol. The molecule has 32 heavy (non-hydrogen) atoms. The molecule has 0 bridgehead atoms. The van der Waals surface area contributed by atoms with Crippen molar-refractivity contribution in [3.8, 4) is 11.4 Å². The third-order valence-corrected chi connectivity index (χ3v) is 5.12. The van der Waals surface area contributed by atoms with Gasteiger partial charge in [0.25, 0.3) is 5.56 Å². The molecule has 8 heteroatoms. The standard InChI is InChI=1S/C24H22N4O4/c1-16-10-11-19-18(13-16)23(30)28(20-8-3-4-9-21(20)32-2)24(31)27(19)15-22(29)26-14-17-7-5-6-12-25-17/h3-13H,14-15H2,1-2H3,(H,26,29). The van der Waals surface area contributed by atoms with E-state index in [9.17, 15) is 14.4 Å². The highest BCUT2D eigenvalue weighted by atomic mass is 16.5. The van der Waals surface area contributed by atoms with Crippen LogP contribution in [-0.4, -0.2) is 27.1 Å². The molecule has 162 valence electrons. The van der Waals surface area contributed by atoms with Crippen molar-refractivity contribution < 1.29 is 9.53 Å². The number of nitrogens with one attached hydrogen (secondary N) is 1. The van der Waals surface area contributed by atoms with Crippen molar-refractivity contribution in [2.24, 2.45) is 0 Å². The fourth-order valence-corrected chi connectivity index (χ4v) is 3.56. The number of aromatic nitrogens is 3.